The second kappa shape index (κ2) is 13.4. The SMILES string of the molecule is CCC[C@H](C)OC(=O)[C@H](C)N[P@](=O)(OC[C@]1(COC(C)=O)C/C1=C/n1cnc2c(=O)[nH]c(N)nc21)Oc1ccc(Br)cc1. The molecule has 14 nitrogen and oxygen atoms in total. The first-order valence-electron chi connectivity index (χ1n) is 13.6. The number of carbonyl (C=O) groups is 2. The van der Waals surface area contributed by atoms with E-state index < -0.39 is 36.7 Å². The van der Waals surface area contributed by atoms with Gasteiger partial charge in [0.05, 0.1) is 18.1 Å². The predicted molar refractivity (Wildman–Crippen MR) is 162 cm³/mol. The molecule has 1 saturated carbocycles. The summed E-state index contributed by atoms with van der Waals surface area (Å²) in [5.74, 6) is -0.959. The van der Waals surface area contributed by atoms with Gasteiger partial charge in [0, 0.05) is 17.6 Å². The number of carbonyl (C=O) groups excluding carboxylic acids is 2. The lowest BCUT2D eigenvalue weighted by Crippen LogP contribution is -2.37. The maximum Gasteiger partial charge on any atom is 0.459 e. The number of fused-ring (bicyclic) bond motifs is 1. The zero-order chi connectivity index (χ0) is 31.4. The Morgan fingerprint density at radius 3 is 2.67 bits per heavy atom. The number of halogens is 1. The third kappa shape index (κ3) is 8.31. The molecule has 232 valence electrons. The third-order valence-electron chi connectivity index (χ3n) is 6.65. The quantitative estimate of drug-likeness (QED) is 0.163. The minimum absolute atomic E-state index is 0.0724. The van der Waals surface area contributed by atoms with E-state index in [1.807, 2.05) is 6.92 Å². The van der Waals surface area contributed by atoms with Gasteiger partial charge in [-0.15, -0.1) is 0 Å². The second-order valence-electron chi connectivity index (χ2n) is 10.4. The van der Waals surface area contributed by atoms with Crippen molar-refractivity contribution in [3.05, 3.63) is 51.0 Å². The lowest BCUT2D eigenvalue weighted by atomic mass is 10.1. The smallest absolute Gasteiger partial charge is 0.459 e. The summed E-state index contributed by atoms with van der Waals surface area (Å²) in [5, 5.41) is 2.69. The number of hydrogen-bond acceptors (Lipinski definition) is 11. The normalized spacial score (nSPS) is 19.9. The van der Waals surface area contributed by atoms with Crippen LogP contribution in [0.25, 0.3) is 17.4 Å². The molecule has 2 aromatic heterocycles. The highest BCUT2D eigenvalue weighted by Gasteiger charge is 2.52. The third-order valence-corrected chi connectivity index (χ3v) is 8.80. The van der Waals surface area contributed by atoms with Gasteiger partial charge in [-0.2, -0.15) is 10.1 Å². The van der Waals surface area contributed by atoms with Crippen LogP contribution in [0.3, 0.4) is 0 Å². The highest BCUT2D eigenvalue weighted by Crippen LogP contribution is 2.56. The van der Waals surface area contributed by atoms with E-state index >= 15 is 0 Å². The molecule has 0 amide bonds. The van der Waals surface area contributed by atoms with Gasteiger partial charge in [-0.3, -0.25) is 28.5 Å². The number of nitrogens with two attached hydrogens (primary N) is 1. The number of rotatable bonds is 14. The van der Waals surface area contributed by atoms with Gasteiger partial charge in [-0.25, -0.2) is 9.55 Å². The minimum atomic E-state index is -4.21. The molecule has 1 fully saturated rings. The van der Waals surface area contributed by atoms with Gasteiger partial charge in [-0.1, -0.05) is 29.3 Å². The zero-order valence-corrected chi connectivity index (χ0v) is 26.6. The minimum Gasteiger partial charge on any atom is -0.465 e. The monoisotopic (exact) mass is 680 g/mol. The fourth-order valence-corrected chi connectivity index (χ4v) is 6.11. The average molecular weight is 681 g/mol. The summed E-state index contributed by atoms with van der Waals surface area (Å²) in [6, 6.07) is 5.56. The summed E-state index contributed by atoms with van der Waals surface area (Å²) in [6.07, 6.45) is 4.67. The fourth-order valence-electron chi connectivity index (χ4n) is 4.27. The van der Waals surface area contributed by atoms with E-state index in [9.17, 15) is 18.9 Å². The summed E-state index contributed by atoms with van der Waals surface area (Å²) in [4.78, 5) is 47.3. The van der Waals surface area contributed by atoms with Crippen LogP contribution in [-0.4, -0.2) is 56.8 Å². The Labute approximate surface area is 256 Å². The van der Waals surface area contributed by atoms with Crippen molar-refractivity contribution < 1.29 is 32.7 Å². The van der Waals surface area contributed by atoms with E-state index in [0.717, 1.165) is 16.5 Å². The molecule has 0 spiro atoms. The first-order chi connectivity index (χ1) is 20.3. The van der Waals surface area contributed by atoms with E-state index in [1.54, 1.807) is 37.4 Å². The van der Waals surface area contributed by atoms with Crippen molar-refractivity contribution in [2.75, 3.05) is 18.9 Å². The molecule has 1 aromatic carbocycles. The average Bonchev–Trinajstić information content (AvgIpc) is 3.47. The van der Waals surface area contributed by atoms with Crippen LogP contribution in [0.5, 0.6) is 5.75 Å². The van der Waals surface area contributed by atoms with E-state index in [0.29, 0.717) is 12.8 Å². The highest BCUT2D eigenvalue weighted by molar-refractivity contribution is 9.10. The van der Waals surface area contributed by atoms with Gasteiger partial charge in [0.2, 0.25) is 5.95 Å². The molecule has 0 bridgehead atoms. The van der Waals surface area contributed by atoms with Crippen molar-refractivity contribution >= 4 is 58.9 Å². The summed E-state index contributed by atoms with van der Waals surface area (Å²) in [6.45, 7) is 6.26. The molecule has 2 heterocycles. The number of anilines is 1. The number of H-pyrrole nitrogens is 1. The van der Waals surface area contributed by atoms with Gasteiger partial charge in [0.15, 0.2) is 11.2 Å². The molecular weight excluding hydrogens is 647 g/mol. The van der Waals surface area contributed by atoms with E-state index in [-0.39, 0.29) is 42.2 Å². The van der Waals surface area contributed by atoms with Crippen LogP contribution in [0.15, 0.2) is 45.4 Å². The first kappa shape index (κ1) is 32.4. The molecule has 43 heavy (non-hydrogen) atoms. The van der Waals surface area contributed by atoms with Crippen LogP contribution in [0.2, 0.25) is 0 Å². The summed E-state index contributed by atoms with van der Waals surface area (Å²) in [7, 11) is -4.21. The van der Waals surface area contributed by atoms with Gasteiger partial charge in [-0.05, 0) is 56.5 Å². The van der Waals surface area contributed by atoms with E-state index in [1.165, 1.54) is 24.7 Å². The van der Waals surface area contributed by atoms with Gasteiger partial charge in [0.1, 0.15) is 24.7 Å². The van der Waals surface area contributed by atoms with Crippen molar-refractivity contribution in [1.29, 1.82) is 0 Å². The molecule has 0 saturated heterocycles. The van der Waals surface area contributed by atoms with Crippen molar-refractivity contribution in [2.45, 2.75) is 59.1 Å². The molecule has 4 rings (SSSR count). The topological polar surface area (TPSA) is 190 Å². The summed E-state index contributed by atoms with van der Waals surface area (Å²) < 4.78 is 38.9. The number of hydrogen-bond donors (Lipinski definition) is 3. The van der Waals surface area contributed by atoms with Gasteiger partial charge in [0.25, 0.3) is 5.56 Å². The van der Waals surface area contributed by atoms with Crippen LogP contribution in [0.1, 0.15) is 47.0 Å². The highest BCUT2D eigenvalue weighted by atomic mass is 79.9. The number of esters is 2. The number of ether oxygens (including phenoxy) is 2. The Hall–Kier alpha value is -3.52. The van der Waals surface area contributed by atoms with Crippen LogP contribution < -0.4 is 20.9 Å². The van der Waals surface area contributed by atoms with Crippen molar-refractivity contribution in [3.8, 4) is 5.75 Å². The van der Waals surface area contributed by atoms with E-state index in [2.05, 4.69) is 36.0 Å². The lowest BCUT2D eigenvalue weighted by Gasteiger charge is -2.25. The fraction of sp³-hybridized carbons (Fsp3) is 0.444. The number of nitrogens with zero attached hydrogens (tertiary/aromatic N) is 3. The molecule has 4 N–H and O–H groups in total. The van der Waals surface area contributed by atoms with Gasteiger partial charge >= 0.3 is 19.7 Å². The number of aromatic nitrogens is 4. The standard InChI is InChI=1S/C27H34BrN6O8P/c1-5-6-16(2)41-25(37)17(3)33-43(38,42-21-9-7-20(28)8-10-21)40-14-27(13-39-18(4)35)11-19(27)12-34-15-30-22-23(34)31-26(29)32-24(22)36/h7-10,12,15-17H,5-6,11,13-14H2,1-4H3,(H,33,38)(H3,29,31,32,36)/b19-12-/t16-,17-,27+,43-/m0/s1. The number of nitrogens with one attached hydrogen (secondary N) is 2. The molecule has 4 atom stereocenters. The van der Waals surface area contributed by atoms with Crippen molar-refractivity contribution in [1.82, 2.24) is 24.6 Å². The van der Waals surface area contributed by atoms with Crippen LogP contribution >= 0.6 is 23.7 Å². The maximum absolute atomic E-state index is 14.1. The number of aromatic amines is 1. The molecular formula is C27H34BrN6O8P. The Morgan fingerprint density at radius 2 is 2.00 bits per heavy atom. The number of nitrogen functional groups attached to an aromatic ring is 1. The molecule has 1 aliphatic rings. The first-order valence-corrected chi connectivity index (χ1v) is 15.9. The van der Waals surface area contributed by atoms with Crippen LogP contribution in [0, 0.1) is 5.41 Å². The molecule has 0 radical (unpaired) electrons. The number of benzene rings is 1. The second-order valence-corrected chi connectivity index (χ2v) is 13.0. The largest absolute Gasteiger partial charge is 0.465 e. The van der Waals surface area contributed by atoms with Crippen LogP contribution in [-0.2, 0) is 28.2 Å². The summed E-state index contributed by atoms with van der Waals surface area (Å²) >= 11 is 3.35. The van der Waals surface area contributed by atoms with Gasteiger partial charge < -0.3 is 19.7 Å². The van der Waals surface area contributed by atoms with E-state index in [4.69, 9.17) is 24.3 Å². The molecule has 16 heteroatoms. The van der Waals surface area contributed by atoms with Crippen molar-refractivity contribution in [2.24, 2.45) is 5.41 Å². The van der Waals surface area contributed by atoms with Crippen molar-refractivity contribution in [3.63, 3.8) is 0 Å². The molecule has 0 unspecified atom stereocenters. The molecule has 3 aromatic rings. The Bertz CT molecular complexity index is 1620. The lowest BCUT2D eigenvalue weighted by molar-refractivity contribution is -0.150. The molecule has 1 aliphatic carbocycles. The van der Waals surface area contributed by atoms with Crippen LogP contribution in [0.4, 0.5) is 5.95 Å². The number of imidazole rings is 1. The predicted octanol–water partition coefficient (Wildman–Crippen LogP) is 4.17. The Kier molecular flexibility index (Phi) is 10.1. The Morgan fingerprint density at radius 1 is 1.28 bits per heavy atom. The molecule has 0 aliphatic heterocycles. The zero-order valence-electron chi connectivity index (χ0n) is 24.2. The Balaban J connectivity index is 1.59. The summed E-state index contributed by atoms with van der Waals surface area (Å²) in [5.41, 5.74) is 5.41. The maximum atomic E-state index is 14.1.